The summed E-state index contributed by atoms with van der Waals surface area (Å²) in [6.07, 6.45) is 5.52. The molecule has 4 rings (SSSR count). The highest BCUT2D eigenvalue weighted by Gasteiger charge is 2.22. The van der Waals surface area contributed by atoms with Crippen molar-refractivity contribution in [3.05, 3.63) is 65.5 Å². The first kappa shape index (κ1) is 18.2. The number of hydrogen-bond donors (Lipinski definition) is 3. The zero-order chi connectivity index (χ0) is 19.3. The molecule has 3 N–H and O–H groups in total. The first-order chi connectivity index (χ1) is 13.7. The molecule has 1 aliphatic carbocycles. The third-order valence-electron chi connectivity index (χ3n) is 4.64. The van der Waals surface area contributed by atoms with E-state index in [1.165, 1.54) is 11.1 Å². The van der Waals surface area contributed by atoms with Crippen molar-refractivity contribution in [3.8, 4) is 0 Å². The number of nitrogens with zero attached hydrogens (tertiary/aromatic N) is 4. The number of benzene rings is 1. The molecule has 0 radical (unpaired) electrons. The molecular weight excluding hydrogens is 350 g/mol. The van der Waals surface area contributed by atoms with Crippen LogP contribution in [0.2, 0.25) is 0 Å². The summed E-state index contributed by atoms with van der Waals surface area (Å²) < 4.78 is 0. The van der Waals surface area contributed by atoms with E-state index in [-0.39, 0.29) is 6.04 Å². The molecule has 0 saturated heterocycles. The molecule has 1 aliphatic rings. The molecule has 0 saturated carbocycles. The lowest BCUT2D eigenvalue weighted by molar-refractivity contribution is 0.758. The van der Waals surface area contributed by atoms with Gasteiger partial charge in [0.25, 0.3) is 0 Å². The Hall–Kier alpha value is -3.22. The molecule has 1 aromatic carbocycles. The van der Waals surface area contributed by atoms with E-state index in [0.29, 0.717) is 30.4 Å². The van der Waals surface area contributed by atoms with Gasteiger partial charge >= 0.3 is 0 Å². The molecule has 7 heteroatoms. The molecule has 0 atom stereocenters. The van der Waals surface area contributed by atoms with Gasteiger partial charge in [0.2, 0.25) is 17.8 Å². The molecule has 0 unspecified atom stereocenters. The van der Waals surface area contributed by atoms with E-state index in [1.54, 1.807) is 12.4 Å². The van der Waals surface area contributed by atoms with Crippen LogP contribution in [-0.2, 0) is 19.4 Å². The van der Waals surface area contributed by atoms with Crippen molar-refractivity contribution in [3.63, 3.8) is 0 Å². The van der Waals surface area contributed by atoms with Crippen molar-refractivity contribution in [2.24, 2.45) is 0 Å². The lowest BCUT2D eigenvalue weighted by atomic mass is 10.1. The van der Waals surface area contributed by atoms with E-state index in [1.807, 2.05) is 12.1 Å². The highest BCUT2D eigenvalue weighted by Crippen LogP contribution is 2.24. The average Bonchev–Trinajstić information content (AvgIpc) is 3.09. The zero-order valence-corrected chi connectivity index (χ0v) is 16.2. The maximum Gasteiger partial charge on any atom is 0.229 e. The van der Waals surface area contributed by atoms with Crippen LogP contribution in [0.15, 0.2) is 48.8 Å². The fraction of sp³-hybridized carbons (Fsp3) is 0.333. The van der Waals surface area contributed by atoms with Crippen LogP contribution in [-0.4, -0.2) is 32.0 Å². The van der Waals surface area contributed by atoms with Gasteiger partial charge in [0.15, 0.2) is 0 Å². The fourth-order valence-electron chi connectivity index (χ4n) is 3.37. The minimum Gasteiger partial charge on any atom is -0.352 e. The van der Waals surface area contributed by atoms with Gasteiger partial charge in [-0.3, -0.25) is 4.98 Å². The van der Waals surface area contributed by atoms with Crippen LogP contribution >= 0.6 is 0 Å². The normalized spacial score (nSPS) is 13.4. The predicted molar refractivity (Wildman–Crippen MR) is 111 cm³/mol. The molecule has 28 heavy (non-hydrogen) atoms. The minimum atomic E-state index is 0.235. The fourth-order valence-corrected chi connectivity index (χ4v) is 3.37. The number of rotatable bonds is 7. The monoisotopic (exact) mass is 375 g/mol. The van der Waals surface area contributed by atoms with Gasteiger partial charge in [-0.2, -0.15) is 15.0 Å². The number of pyridine rings is 1. The van der Waals surface area contributed by atoms with Crippen LogP contribution in [0.25, 0.3) is 0 Å². The highest BCUT2D eigenvalue weighted by molar-refractivity contribution is 5.45. The van der Waals surface area contributed by atoms with E-state index >= 15 is 0 Å². The summed E-state index contributed by atoms with van der Waals surface area (Å²) >= 11 is 0. The van der Waals surface area contributed by atoms with E-state index < -0.39 is 0 Å². The number of anilines is 3. The van der Waals surface area contributed by atoms with Crippen molar-refractivity contribution >= 4 is 17.8 Å². The molecule has 2 aromatic heterocycles. The molecule has 0 spiro atoms. The van der Waals surface area contributed by atoms with E-state index in [9.17, 15) is 0 Å². The lowest BCUT2D eigenvalue weighted by Gasteiger charge is -2.15. The van der Waals surface area contributed by atoms with Gasteiger partial charge in [-0.1, -0.05) is 24.3 Å². The maximum absolute atomic E-state index is 4.58. The second-order valence-electron chi connectivity index (χ2n) is 7.33. The summed E-state index contributed by atoms with van der Waals surface area (Å²) in [5, 5.41) is 10.0. The predicted octanol–water partition coefficient (Wildman–Crippen LogP) is 3.28. The van der Waals surface area contributed by atoms with Crippen molar-refractivity contribution in [1.82, 2.24) is 19.9 Å². The Balaban J connectivity index is 1.49. The third-order valence-corrected chi connectivity index (χ3v) is 4.64. The summed E-state index contributed by atoms with van der Waals surface area (Å²) in [6, 6.07) is 13.0. The Bertz CT molecular complexity index is 902. The molecule has 0 bridgehead atoms. The van der Waals surface area contributed by atoms with E-state index in [2.05, 4.69) is 74.0 Å². The summed E-state index contributed by atoms with van der Waals surface area (Å²) in [5.74, 6) is 1.71. The number of aromatic nitrogens is 4. The number of fused-ring (bicyclic) bond motifs is 1. The van der Waals surface area contributed by atoms with Crippen LogP contribution in [0.4, 0.5) is 17.8 Å². The zero-order valence-electron chi connectivity index (χ0n) is 16.2. The third kappa shape index (κ3) is 4.54. The SMILES string of the molecule is CC(C)Nc1nc(NCc2ccncc2)nc(NC2Cc3ccccc3C2)n1. The van der Waals surface area contributed by atoms with Crippen molar-refractivity contribution < 1.29 is 0 Å². The molecule has 7 nitrogen and oxygen atoms in total. The van der Waals surface area contributed by atoms with Gasteiger partial charge in [0.05, 0.1) is 0 Å². The molecule has 0 fully saturated rings. The second-order valence-corrected chi connectivity index (χ2v) is 7.33. The Morgan fingerprint density at radius 1 is 0.893 bits per heavy atom. The molecule has 3 aromatic rings. The molecule has 0 aliphatic heterocycles. The van der Waals surface area contributed by atoms with Gasteiger partial charge in [-0.15, -0.1) is 0 Å². The van der Waals surface area contributed by atoms with Crippen LogP contribution in [0.5, 0.6) is 0 Å². The van der Waals surface area contributed by atoms with Gasteiger partial charge in [0, 0.05) is 31.0 Å². The van der Waals surface area contributed by atoms with E-state index in [4.69, 9.17) is 0 Å². The smallest absolute Gasteiger partial charge is 0.229 e. The minimum absolute atomic E-state index is 0.235. The molecule has 144 valence electrons. The van der Waals surface area contributed by atoms with Gasteiger partial charge in [-0.25, -0.2) is 0 Å². The summed E-state index contributed by atoms with van der Waals surface area (Å²) in [7, 11) is 0. The van der Waals surface area contributed by atoms with Crippen LogP contribution in [0.1, 0.15) is 30.5 Å². The number of nitrogens with one attached hydrogen (secondary N) is 3. The van der Waals surface area contributed by atoms with Gasteiger partial charge in [0.1, 0.15) is 0 Å². The highest BCUT2D eigenvalue weighted by atomic mass is 15.3. The van der Waals surface area contributed by atoms with Crippen LogP contribution in [0.3, 0.4) is 0 Å². The number of hydrogen-bond acceptors (Lipinski definition) is 7. The first-order valence-corrected chi connectivity index (χ1v) is 9.64. The van der Waals surface area contributed by atoms with Gasteiger partial charge < -0.3 is 16.0 Å². The average molecular weight is 375 g/mol. The Morgan fingerprint density at radius 2 is 1.54 bits per heavy atom. The first-order valence-electron chi connectivity index (χ1n) is 9.64. The quantitative estimate of drug-likeness (QED) is 0.584. The molecule has 2 heterocycles. The lowest BCUT2D eigenvalue weighted by Crippen LogP contribution is -2.23. The topological polar surface area (TPSA) is 87.7 Å². The Kier molecular flexibility index (Phi) is 5.32. The molecular formula is C21H25N7. The van der Waals surface area contributed by atoms with E-state index in [0.717, 1.165) is 18.4 Å². The van der Waals surface area contributed by atoms with Crippen LogP contribution in [0, 0.1) is 0 Å². The second kappa shape index (κ2) is 8.21. The molecule has 0 amide bonds. The largest absolute Gasteiger partial charge is 0.352 e. The standard InChI is InChI=1S/C21H25N7/c1-14(2)24-20-26-19(23-13-15-7-9-22-10-8-15)27-21(28-20)25-18-11-16-5-3-4-6-17(16)12-18/h3-10,14,18H,11-13H2,1-2H3,(H3,23,24,25,26,27,28). The van der Waals surface area contributed by atoms with Crippen molar-refractivity contribution in [2.45, 2.75) is 45.3 Å². The summed E-state index contributed by atoms with van der Waals surface area (Å²) in [5.41, 5.74) is 3.91. The Morgan fingerprint density at radius 3 is 2.21 bits per heavy atom. The summed E-state index contributed by atoms with van der Waals surface area (Å²) in [4.78, 5) is 17.7. The summed E-state index contributed by atoms with van der Waals surface area (Å²) in [6.45, 7) is 4.76. The van der Waals surface area contributed by atoms with Gasteiger partial charge in [-0.05, 0) is 55.5 Å². The maximum atomic E-state index is 4.58. The Labute approximate surface area is 165 Å². The van der Waals surface area contributed by atoms with Crippen molar-refractivity contribution in [2.75, 3.05) is 16.0 Å². The van der Waals surface area contributed by atoms with Crippen LogP contribution < -0.4 is 16.0 Å². The van der Waals surface area contributed by atoms with Crippen molar-refractivity contribution in [1.29, 1.82) is 0 Å².